The molecule has 0 aliphatic heterocycles. The SMILES string of the molecule is CC(C)(C)Sc1ccccc1[C@@H](N)CCCO.Cl. The number of thioether (sulfide) groups is 1. The Kier molecular flexibility index (Phi) is 7.95. The van der Waals surface area contributed by atoms with E-state index in [1.807, 2.05) is 17.8 Å². The monoisotopic (exact) mass is 289 g/mol. The van der Waals surface area contributed by atoms with Gasteiger partial charge in [0.1, 0.15) is 0 Å². The maximum atomic E-state index is 8.86. The second-order valence-corrected chi connectivity index (χ2v) is 7.09. The summed E-state index contributed by atoms with van der Waals surface area (Å²) < 4.78 is 0.187. The average Bonchev–Trinajstić information content (AvgIpc) is 2.24. The van der Waals surface area contributed by atoms with Crippen LogP contribution in [0.25, 0.3) is 0 Å². The van der Waals surface area contributed by atoms with Crippen LogP contribution in [-0.4, -0.2) is 16.5 Å². The first kappa shape index (κ1) is 17.8. The van der Waals surface area contributed by atoms with Gasteiger partial charge in [0, 0.05) is 22.3 Å². The number of nitrogens with two attached hydrogens (primary N) is 1. The van der Waals surface area contributed by atoms with Crippen molar-refractivity contribution in [3.8, 4) is 0 Å². The second-order valence-electron chi connectivity index (χ2n) is 5.22. The first-order chi connectivity index (χ1) is 7.94. The Morgan fingerprint density at radius 3 is 2.44 bits per heavy atom. The lowest BCUT2D eigenvalue weighted by atomic mass is 10.0. The Balaban J connectivity index is 0.00000289. The van der Waals surface area contributed by atoms with Gasteiger partial charge in [-0.25, -0.2) is 0 Å². The molecule has 1 aromatic rings. The summed E-state index contributed by atoms with van der Waals surface area (Å²) in [6, 6.07) is 8.32. The summed E-state index contributed by atoms with van der Waals surface area (Å²) in [7, 11) is 0. The lowest BCUT2D eigenvalue weighted by Crippen LogP contribution is -2.14. The summed E-state index contributed by atoms with van der Waals surface area (Å²) >= 11 is 1.85. The van der Waals surface area contributed by atoms with Crippen molar-refractivity contribution >= 4 is 24.2 Å². The van der Waals surface area contributed by atoms with Crippen molar-refractivity contribution in [3.05, 3.63) is 29.8 Å². The number of rotatable bonds is 5. The van der Waals surface area contributed by atoms with Crippen LogP contribution in [-0.2, 0) is 0 Å². The molecule has 0 spiro atoms. The zero-order valence-electron chi connectivity index (χ0n) is 11.3. The van der Waals surface area contributed by atoms with Gasteiger partial charge in [0.15, 0.2) is 0 Å². The van der Waals surface area contributed by atoms with Gasteiger partial charge in [0.2, 0.25) is 0 Å². The lowest BCUT2D eigenvalue weighted by Gasteiger charge is -2.22. The Morgan fingerprint density at radius 2 is 1.89 bits per heavy atom. The maximum absolute atomic E-state index is 8.86. The van der Waals surface area contributed by atoms with Gasteiger partial charge in [-0.1, -0.05) is 39.0 Å². The van der Waals surface area contributed by atoms with Crippen LogP contribution in [0.1, 0.15) is 45.2 Å². The molecule has 18 heavy (non-hydrogen) atoms. The zero-order valence-corrected chi connectivity index (χ0v) is 13.0. The number of aliphatic hydroxyl groups excluding tert-OH is 1. The molecule has 0 radical (unpaired) electrons. The molecule has 104 valence electrons. The number of benzene rings is 1. The van der Waals surface area contributed by atoms with E-state index in [0.29, 0.717) is 0 Å². The van der Waals surface area contributed by atoms with Crippen molar-refractivity contribution in [1.29, 1.82) is 0 Å². The third kappa shape index (κ3) is 6.10. The molecule has 0 aliphatic rings. The van der Waals surface area contributed by atoms with E-state index in [1.54, 1.807) is 0 Å². The maximum Gasteiger partial charge on any atom is 0.0431 e. The minimum absolute atomic E-state index is 0. The molecule has 1 atom stereocenters. The van der Waals surface area contributed by atoms with Gasteiger partial charge >= 0.3 is 0 Å². The van der Waals surface area contributed by atoms with E-state index in [2.05, 4.69) is 39.0 Å². The molecule has 0 saturated heterocycles. The third-order valence-corrected chi connectivity index (χ3v) is 3.61. The fourth-order valence-corrected chi connectivity index (χ4v) is 2.82. The van der Waals surface area contributed by atoms with Crippen LogP contribution in [0.4, 0.5) is 0 Å². The van der Waals surface area contributed by atoms with Crippen LogP contribution in [0.2, 0.25) is 0 Å². The van der Waals surface area contributed by atoms with Crippen molar-refractivity contribution in [2.75, 3.05) is 6.61 Å². The molecule has 0 saturated carbocycles. The second kappa shape index (κ2) is 8.05. The minimum atomic E-state index is 0. The van der Waals surface area contributed by atoms with Crippen LogP contribution in [0, 0.1) is 0 Å². The molecule has 0 fully saturated rings. The molecule has 0 aliphatic carbocycles. The molecule has 0 heterocycles. The minimum Gasteiger partial charge on any atom is -0.396 e. The highest BCUT2D eigenvalue weighted by molar-refractivity contribution is 8.00. The number of hydrogen-bond acceptors (Lipinski definition) is 3. The van der Waals surface area contributed by atoms with Gasteiger partial charge in [-0.05, 0) is 24.5 Å². The average molecular weight is 290 g/mol. The number of hydrogen-bond donors (Lipinski definition) is 2. The molecule has 1 aromatic carbocycles. The summed E-state index contributed by atoms with van der Waals surface area (Å²) in [6.07, 6.45) is 1.59. The first-order valence-electron chi connectivity index (χ1n) is 6.08. The summed E-state index contributed by atoms with van der Waals surface area (Å²) in [5.74, 6) is 0. The summed E-state index contributed by atoms with van der Waals surface area (Å²) in [6.45, 7) is 6.82. The predicted octanol–water partition coefficient (Wildman–Crippen LogP) is 3.77. The van der Waals surface area contributed by atoms with E-state index in [1.165, 1.54) is 10.5 Å². The van der Waals surface area contributed by atoms with Gasteiger partial charge < -0.3 is 10.8 Å². The fourth-order valence-electron chi connectivity index (χ4n) is 1.68. The highest BCUT2D eigenvalue weighted by atomic mass is 35.5. The van der Waals surface area contributed by atoms with Crippen LogP contribution in [0.15, 0.2) is 29.2 Å². The largest absolute Gasteiger partial charge is 0.396 e. The molecule has 0 unspecified atom stereocenters. The molecular weight excluding hydrogens is 266 g/mol. The van der Waals surface area contributed by atoms with Crippen LogP contribution >= 0.6 is 24.2 Å². The quantitative estimate of drug-likeness (QED) is 0.811. The Bertz CT molecular complexity index is 352. The Labute approximate surface area is 121 Å². The van der Waals surface area contributed by atoms with Crippen molar-refractivity contribution in [2.45, 2.75) is 49.3 Å². The molecule has 3 N–H and O–H groups in total. The van der Waals surface area contributed by atoms with Crippen molar-refractivity contribution in [1.82, 2.24) is 0 Å². The summed E-state index contributed by atoms with van der Waals surface area (Å²) in [5.41, 5.74) is 7.37. The van der Waals surface area contributed by atoms with Crippen molar-refractivity contribution in [3.63, 3.8) is 0 Å². The van der Waals surface area contributed by atoms with E-state index < -0.39 is 0 Å². The smallest absolute Gasteiger partial charge is 0.0431 e. The van der Waals surface area contributed by atoms with Gasteiger partial charge in [0.05, 0.1) is 0 Å². The van der Waals surface area contributed by atoms with Crippen molar-refractivity contribution in [2.24, 2.45) is 5.73 Å². The van der Waals surface area contributed by atoms with Gasteiger partial charge in [0.25, 0.3) is 0 Å². The van der Waals surface area contributed by atoms with E-state index in [9.17, 15) is 0 Å². The predicted molar refractivity (Wildman–Crippen MR) is 82.5 cm³/mol. The van der Waals surface area contributed by atoms with Crippen LogP contribution in [0.5, 0.6) is 0 Å². The third-order valence-electron chi connectivity index (χ3n) is 2.41. The highest BCUT2D eigenvalue weighted by Crippen LogP contribution is 2.36. The normalized spacial score (nSPS) is 12.9. The first-order valence-corrected chi connectivity index (χ1v) is 6.90. The number of halogens is 1. The topological polar surface area (TPSA) is 46.2 Å². The molecule has 0 bridgehead atoms. The van der Waals surface area contributed by atoms with Crippen molar-refractivity contribution < 1.29 is 5.11 Å². The summed E-state index contributed by atoms with van der Waals surface area (Å²) in [5, 5.41) is 8.86. The lowest BCUT2D eigenvalue weighted by molar-refractivity contribution is 0.279. The fraction of sp³-hybridized carbons (Fsp3) is 0.571. The van der Waals surface area contributed by atoms with Crippen LogP contribution in [0.3, 0.4) is 0 Å². The van der Waals surface area contributed by atoms with E-state index >= 15 is 0 Å². The van der Waals surface area contributed by atoms with E-state index in [0.717, 1.165) is 12.8 Å². The van der Waals surface area contributed by atoms with Gasteiger partial charge in [-0.2, -0.15) is 0 Å². The zero-order chi connectivity index (χ0) is 12.9. The van der Waals surface area contributed by atoms with E-state index in [-0.39, 0.29) is 29.8 Å². The Hall–Kier alpha value is -0.220. The Morgan fingerprint density at radius 1 is 1.28 bits per heavy atom. The molecule has 0 aromatic heterocycles. The molecule has 4 heteroatoms. The van der Waals surface area contributed by atoms with Gasteiger partial charge in [-0.15, -0.1) is 24.2 Å². The standard InChI is InChI=1S/C14H23NOS.ClH/c1-14(2,3)17-13-9-5-4-7-11(13)12(15)8-6-10-16;/h4-5,7,9,12,16H,6,8,10,15H2,1-3H3;1H/t12-;/m0./s1. The molecule has 0 amide bonds. The molecule has 2 nitrogen and oxygen atoms in total. The number of aliphatic hydroxyl groups is 1. The molecule has 1 rings (SSSR count). The van der Waals surface area contributed by atoms with E-state index in [4.69, 9.17) is 10.8 Å². The van der Waals surface area contributed by atoms with Gasteiger partial charge in [-0.3, -0.25) is 0 Å². The summed E-state index contributed by atoms with van der Waals surface area (Å²) in [4.78, 5) is 1.26. The van der Waals surface area contributed by atoms with Crippen LogP contribution < -0.4 is 5.73 Å². The highest BCUT2D eigenvalue weighted by Gasteiger charge is 2.17. The molecular formula is C14H24ClNOS.